The summed E-state index contributed by atoms with van der Waals surface area (Å²) >= 11 is 8.50. The number of nitrogens with two attached hydrogens (primary N) is 3. The lowest BCUT2D eigenvalue weighted by atomic mass is 10.00. The van der Waals surface area contributed by atoms with E-state index in [9.17, 15) is 67.7 Å². The van der Waals surface area contributed by atoms with Crippen molar-refractivity contribution in [2.75, 3.05) is 37.7 Å². The van der Waals surface area contributed by atoms with E-state index in [2.05, 4.69) is 108 Å². The third kappa shape index (κ3) is 24.2. The number of guanidine groups is 1. The minimum atomic E-state index is -1.73. The van der Waals surface area contributed by atoms with Gasteiger partial charge in [-0.2, -0.15) is 25.3 Å². The monoisotopic (exact) mass is 1380 g/mol. The molecule has 0 radical (unpaired) electrons. The highest BCUT2D eigenvalue weighted by Crippen LogP contribution is 2.22. The fraction of sp³-hybridized carbons (Fsp3) is 0.550. The van der Waals surface area contributed by atoms with Crippen molar-refractivity contribution < 1.29 is 67.7 Å². The van der Waals surface area contributed by atoms with Gasteiger partial charge >= 0.3 is 5.97 Å². The third-order valence-corrected chi connectivity index (χ3v) is 16.1. The zero-order valence-electron chi connectivity index (χ0n) is 54.0. The highest BCUT2D eigenvalue weighted by molar-refractivity contribution is 7.80. The molecule has 96 heavy (non-hydrogen) atoms. The van der Waals surface area contributed by atoms with Gasteiger partial charge in [-0.3, -0.25) is 62.5 Å². The number of thiol groups is 2. The smallest absolute Gasteiger partial charge is 0.325 e. The molecule has 11 amide bonds. The molecule has 3 aromatic heterocycles. The van der Waals surface area contributed by atoms with Gasteiger partial charge in [-0.05, 0) is 68.9 Å². The number of aromatic nitrogens is 5. The third-order valence-electron chi connectivity index (χ3n) is 15.4. The number of carbonyl (C=O) groups excluding carboxylic acids is 11. The first-order valence-corrected chi connectivity index (χ1v) is 32.6. The molecule has 34 nitrogen and oxygen atoms in total. The number of aliphatic hydroxyl groups excluding tert-OH is 1. The highest BCUT2D eigenvalue weighted by atomic mass is 32.1. The van der Waals surface area contributed by atoms with Crippen molar-refractivity contribution in [1.82, 2.24) is 83.0 Å². The van der Waals surface area contributed by atoms with Crippen LogP contribution in [0.5, 0.6) is 0 Å². The second kappa shape index (κ2) is 38.3. The number of H-pyrrole nitrogens is 3. The molecule has 21 N–H and O–H groups in total. The molecule has 0 bridgehead atoms. The van der Waals surface area contributed by atoms with E-state index in [1.54, 1.807) is 58.2 Å². The number of likely N-dealkylation sites (tertiary alicyclic amines) is 1. The van der Waals surface area contributed by atoms with E-state index in [0.29, 0.717) is 34.3 Å². The van der Waals surface area contributed by atoms with Crippen LogP contribution in [0, 0.1) is 11.8 Å². The number of aliphatic imine (C=N–C) groups is 1. The van der Waals surface area contributed by atoms with Gasteiger partial charge in [0.05, 0.1) is 31.8 Å². The molecule has 11 unspecified atom stereocenters. The van der Waals surface area contributed by atoms with Crippen molar-refractivity contribution >= 4 is 113 Å². The molecule has 1 aliphatic heterocycles. The fourth-order valence-electron chi connectivity index (χ4n) is 10.4. The number of hydrogen-bond donors (Lipinski definition) is 20. The average molecular weight is 1380 g/mol. The Morgan fingerprint density at radius 3 is 1.75 bits per heavy atom. The number of para-hydroxylation sites is 1. The van der Waals surface area contributed by atoms with Crippen LogP contribution >= 0.6 is 25.3 Å². The normalized spacial score (nSPS) is 16.0. The number of fused-ring (bicyclic) bond motifs is 1. The Hall–Kier alpha value is -9.29. The first-order chi connectivity index (χ1) is 45.6. The number of aromatic amines is 3. The largest absolute Gasteiger partial charge is 0.480 e. The van der Waals surface area contributed by atoms with Crippen LogP contribution in [0.4, 0.5) is 0 Å². The molecule has 0 saturated carbocycles. The second-order valence-corrected chi connectivity index (χ2v) is 24.7. The fourth-order valence-corrected chi connectivity index (χ4v) is 10.9. The Labute approximate surface area is 564 Å². The number of amides is 11. The zero-order chi connectivity index (χ0) is 70.8. The molecular formula is C60H90N20O14S2. The van der Waals surface area contributed by atoms with Crippen LogP contribution in [0.2, 0.25) is 0 Å². The maximum atomic E-state index is 14.8. The Balaban J connectivity index is 1.29. The Bertz CT molecular complexity index is 3330. The number of hydrogen-bond acceptors (Lipinski definition) is 19. The van der Waals surface area contributed by atoms with Gasteiger partial charge in [0.15, 0.2) is 5.96 Å². The number of carboxylic acids is 1. The van der Waals surface area contributed by atoms with Crippen LogP contribution in [0.3, 0.4) is 0 Å². The van der Waals surface area contributed by atoms with Crippen molar-refractivity contribution in [3.05, 3.63) is 72.5 Å². The molecule has 4 heterocycles. The topological polar surface area (TPSA) is 532 Å². The van der Waals surface area contributed by atoms with Crippen molar-refractivity contribution in [3.8, 4) is 0 Å². The van der Waals surface area contributed by atoms with Crippen molar-refractivity contribution in [2.24, 2.45) is 34.0 Å². The summed E-state index contributed by atoms with van der Waals surface area (Å²) in [6.07, 6.45) is 7.86. The summed E-state index contributed by atoms with van der Waals surface area (Å²) in [4.78, 5) is 186. The van der Waals surface area contributed by atoms with Gasteiger partial charge in [0.1, 0.15) is 60.4 Å². The first-order valence-electron chi connectivity index (χ1n) is 31.3. The Morgan fingerprint density at radius 1 is 0.635 bits per heavy atom. The average Bonchev–Trinajstić information content (AvgIpc) is 1.62. The van der Waals surface area contributed by atoms with E-state index in [4.69, 9.17) is 17.2 Å². The van der Waals surface area contributed by atoms with E-state index in [-0.39, 0.29) is 93.8 Å². The van der Waals surface area contributed by atoms with E-state index < -0.39 is 151 Å². The minimum Gasteiger partial charge on any atom is -0.480 e. The molecule has 4 aromatic rings. The lowest BCUT2D eigenvalue weighted by molar-refractivity contribution is -0.142. The highest BCUT2D eigenvalue weighted by Gasteiger charge is 2.41. The quantitative estimate of drug-likeness (QED) is 0.00867. The first kappa shape index (κ1) is 77.4. The molecule has 1 aromatic carbocycles. The van der Waals surface area contributed by atoms with Gasteiger partial charge in [0.25, 0.3) is 0 Å². The molecule has 1 aliphatic rings. The van der Waals surface area contributed by atoms with E-state index >= 15 is 0 Å². The number of aliphatic hydroxyl groups is 1. The van der Waals surface area contributed by atoms with Gasteiger partial charge in [0, 0.05) is 84.7 Å². The van der Waals surface area contributed by atoms with E-state index in [1.807, 2.05) is 0 Å². The molecule has 526 valence electrons. The molecule has 1 saturated heterocycles. The number of nitrogens with zero attached hydrogens (tertiary/aromatic N) is 4. The van der Waals surface area contributed by atoms with Crippen LogP contribution < -0.4 is 70.4 Å². The molecule has 0 spiro atoms. The van der Waals surface area contributed by atoms with Gasteiger partial charge in [0.2, 0.25) is 65.0 Å². The SMILES string of the molecule is CC(C)CC(NC(=O)C(CS)NC(=O)C1CCCN1C(=O)C(Cc1cnc[nH]1)NC(=O)C(CC(C)C)NC(=O)C(Cc1c[nH]c2ccccc12)NC(=O)C(CO)NC(=O)CNC(=O)C(CS)NC(=O)C(CCCN=C(N)N)NC(=O)C(N)Cc1cnc[nH]1)C(=O)NC(C)C(=O)O. The number of imidazole rings is 2. The summed E-state index contributed by atoms with van der Waals surface area (Å²) in [5.74, 6) is -11.5. The van der Waals surface area contributed by atoms with Gasteiger partial charge in [-0.25, -0.2) is 9.97 Å². The van der Waals surface area contributed by atoms with Crippen molar-refractivity contribution in [2.45, 2.75) is 159 Å². The number of nitrogens with one attached hydrogen (secondary N) is 13. The van der Waals surface area contributed by atoms with Gasteiger partial charge in [-0.15, -0.1) is 0 Å². The van der Waals surface area contributed by atoms with Crippen LogP contribution in [0.25, 0.3) is 10.9 Å². The Kier molecular flexibility index (Phi) is 30.9. The molecule has 36 heteroatoms. The van der Waals surface area contributed by atoms with E-state index in [1.165, 1.54) is 36.9 Å². The second-order valence-electron chi connectivity index (χ2n) is 24.0. The summed E-state index contributed by atoms with van der Waals surface area (Å²) < 4.78 is 0. The molecule has 5 rings (SSSR count). The van der Waals surface area contributed by atoms with E-state index in [0.717, 1.165) is 0 Å². The van der Waals surface area contributed by atoms with Crippen LogP contribution in [-0.2, 0) is 76.8 Å². The number of aliphatic carboxylic acids is 1. The minimum absolute atomic E-state index is 0.00483. The van der Waals surface area contributed by atoms with Crippen LogP contribution in [0.15, 0.2) is 60.5 Å². The Morgan fingerprint density at radius 2 is 1.17 bits per heavy atom. The number of benzene rings is 1. The number of rotatable bonds is 39. The number of carbonyl (C=O) groups is 12. The van der Waals surface area contributed by atoms with Crippen LogP contribution in [-0.4, -0.2) is 221 Å². The summed E-state index contributed by atoms with van der Waals surface area (Å²) in [5, 5.41) is 46.0. The zero-order valence-corrected chi connectivity index (χ0v) is 55.8. The number of carboxylic acid groups (broad SMARTS) is 1. The lowest BCUT2D eigenvalue weighted by Crippen LogP contribution is -2.61. The van der Waals surface area contributed by atoms with Crippen molar-refractivity contribution in [1.29, 1.82) is 0 Å². The maximum absolute atomic E-state index is 14.8. The summed E-state index contributed by atoms with van der Waals surface area (Å²) in [5.41, 5.74) is 19.2. The summed E-state index contributed by atoms with van der Waals surface area (Å²) in [7, 11) is 0. The molecular weight excluding hydrogens is 1290 g/mol. The predicted octanol–water partition coefficient (Wildman–Crippen LogP) is -4.46. The summed E-state index contributed by atoms with van der Waals surface area (Å²) in [6.45, 7) is 6.79. The van der Waals surface area contributed by atoms with Gasteiger partial charge in [-0.1, -0.05) is 45.9 Å². The standard InChI is InChI=1S/C60H90N20O14S2/c1-30(2)16-40(52(86)71-32(5)59(93)94)75-56(90)46(27-96)79-57(91)47-13-9-15-80(47)58(92)43(20-35-23-65-29-70-35)77-53(87)41(17-31(3)4)74-54(88)42(18-33-21-67-38-11-7-6-10-36(33)38)76-55(89)44(25-81)72-48(82)24-68-50(84)45(26-95)78-51(85)39(12-8-14-66-60(62)63)73-49(83)37(61)19-34-22-64-28-69-34/h6-7,10-11,21-23,28-32,37,39-47,67,81,95-96H,8-9,12-20,24-27,61H2,1-5H3,(H,64,69)(H,65,70)(H,68,84)(H,71,86)(H,72,82)(H,73,83)(H,74,88)(H,75,90)(H,76,89)(H,77,87)(H,78,85)(H,79,91)(H,93,94)(H4,62,63,66). The maximum Gasteiger partial charge on any atom is 0.325 e. The summed E-state index contributed by atoms with van der Waals surface area (Å²) in [6, 6.07) is -7.49. The van der Waals surface area contributed by atoms with Crippen molar-refractivity contribution in [3.63, 3.8) is 0 Å². The van der Waals surface area contributed by atoms with Crippen LogP contribution in [0.1, 0.15) is 90.1 Å². The predicted molar refractivity (Wildman–Crippen MR) is 357 cm³/mol. The molecule has 1 fully saturated rings. The molecule has 0 aliphatic carbocycles. The molecule has 11 atom stereocenters. The van der Waals surface area contributed by atoms with Gasteiger partial charge < -0.3 is 100 Å². The lowest BCUT2D eigenvalue weighted by Gasteiger charge is -2.31.